The van der Waals surface area contributed by atoms with Gasteiger partial charge in [-0.2, -0.15) is 26.3 Å². The van der Waals surface area contributed by atoms with E-state index in [4.69, 9.17) is 4.74 Å². The van der Waals surface area contributed by atoms with E-state index in [-0.39, 0.29) is 6.07 Å². The van der Waals surface area contributed by atoms with Gasteiger partial charge in [-0.05, 0) is 30.3 Å². The first kappa shape index (κ1) is 23.8. The van der Waals surface area contributed by atoms with Crippen LogP contribution in [0.2, 0.25) is 0 Å². The van der Waals surface area contributed by atoms with Gasteiger partial charge in [0.15, 0.2) is 6.61 Å². The molecule has 0 radical (unpaired) electrons. The van der Waals surface area contributed by atoms with Crippen LogP contribution in [0.3, 0.4) is 0 Å². The maximum Gasteiger partial charge on any atom is 0.416 e. The summed E-state index contributed by atoms with van der Waals surface area (Å²) in [7, 11) is 0. The number of nitrogens with one attached hydrogen (secondary N) is 1. The Balaban J connectivity index is 1.65. The number of rotatable bonds is 5. The van der Waals surface area contributed by atoms with Gasteiger partial charge in [-0.15, -0.1) is 0 Å². The SMILES string of the molecule is O=C(COC(=O)/C=C/c1cccc2cccnc12)Nc1cc(C(F)(F)F)cc(C(F)(F)F)c1. The van der Waals surface area contributed by atoms with E-state index in [0.29, 0.717) is 23.2 Å². The molecule has 0 saturated heterocycles. The highest BCUT2D eigenvalue weighted by molar-refractivity contribution is 5.96. The lowest BCUT2D eigenvalue weighted by Crippen LogP contribution is -2.21. The fraction of sp³-hybridized carbons (Fsp3) is 0.136. The predicted octanol–water partition coefficient (Wildman–Crippen LogP) is 5.47. The van der Waals surface area contributed by atoms with Gasteiger partial charge < -0.3 is 10.1 Å². The Morgan fingerprint density at radius 3 is 2.21 bits per heavy atom. The number of esters is 1. The predicted molar refractivity (Wildman–Crippen MR) is 107 cm³/mol. The van der Waals surface area contributed by atoms with Crippen molar-refractivity contribution in [3.8, 4) is 0 Å². The van der Waals surface area contributed by atoms with E-state index in [0.717, 1.165) is 11.5 Å². The third-order valence-electron chi connectivity index (χ3n) is 4.28. The van der Waals surface area contributed by atoms with Crippen molar-refractivity contribution in [3.63, 3.8) is 0 Å². The molecule has 0 bridgehead atoms. The first-order valence-electron chi connectivity index (χ1n) is 9.21. The Hall–Kier alpha value is -3.89. The minimum absolute atomic E-state index is 0.0668. The van der Waals surface area contributed by atoms with E-state index in [2.05, 4.69) is 4.98 Å². The Morgan fingerprint density at radius 2 is 1.58 bits per heavy atom. The van der Waals surface area contributed by atoms with Crippen LogP contribution in [0.25, 0.3) is 17.0 Å². The molecule has 1 amide bonds. The molecular weight excluding hydrogens is 454 g/mol. The zero-order valence-electron chi connectivity index (χ0n) is 16.5. The Morgan fingerprint density at radius 1 is 0.939 bits per heavy atom. The topological polar surface area (TPSA) is 68.3 Å². The highest BCUT2D eigenvalue weighted by Gasteiger charge is 2.37. The molecule has 11 heteroatoms. The molecule has 0 aliphatic heterocycles. The van der Waals surface area contributed by atoms with Crippen LogP contribution in [0.15, 0.2) is 60.8 Å². The van der Waals surface area contributed by atoms with E-state index >= 15 is 0 Å². The van der Waals surface area contributed by atoms with Gasteiger partial charge in [-0.25, -0.2) is 4.79 Å². The molecule has 3 aromatic rings. The van der Waals surface area contributed by atoms with E-state index < -0.39 is 47.7 Å². The van der Waals surface area contributed by atoms with Gasteiger partial charge in [0.25, 0.3) is 5.91 Å². The smallest absolute Gasteiger partial charge is 0.416 e. The van der Waals surface area contributed by atoms with E-state index in [1.165, 1.54) is 6.08 Å². The zero-order chi connectivity index (χ0) is 24.2. The van der Waals surface area contributed by atoms with Crippen LogP contribution in [-0.2, 0) is 26.7 Å². The largest absolute Gasteiger partial charge is 0.452 e. The highest BCUT2D eigenvalue weighted by atomic mass is 19.4. The first-order valence-corrected chi connectivity index (χ1v) is 9.21. The summed E-state index contributed by atoms with van der Waals surface area (Å²) < 4.78 is 82.0. The number of hydrogen-bond donors (Lipinski definition) is 1. The molecule has 0 fully saturated rings. The van der Waals surface area contributed by atoms with Crippen molar-refractivity contribution in [1.29, 1.82) is 0 Å². The number of amides is 1. The summed E-state index contributed by atoms with van der Waals surface area (Å²) in [4.78, 5) is 28.0. The molecule has 33 heavy (non-hydrogen) atoms. The molecular formula is C22H14F6N2O3. The summed E-state index contributed by atoms with van der Waals surface area (Å²) in [6, 6.07) is 9.45. The number of anilines is 1. The van der Waals surface area contributed by atoms with E-state index in [9.17, 15) is 35.9 Å². The first-order chi connectivity index (χ1) is 15.4. The van der Waals surface area contributed by atoms with Gasteiger partial charge >= 0.3 is 18.3 Å². The minimum atomic E-state index is -5.06. The summed E-state index contributed by atoms with van der Waals surface area (Å²) in [6.45, 7) is -0.922. The quantitative estimate of drug-likeness (QED) is 0.307. The molecule has 0 aliphatic carbocycles. The second-order valence-electron chi connectivity index (χ2n) is 6.71. The normalized spacial score (nSPS) is 12.2. The summed E-state index contributed by atoms with van der Waals surface area (Å²) in [5.74, 6) is -2.06. The Kier molecular flexibility index (Phi) is 6.70. The molecule has 3 rings (SSSR count). The molecule has 2 aromatic carbocycles. The molecule has 172 valence electrons. The number of hydrogen-bond acceptors (Lipinski definition) is 4. The van der Waals surface area contributed by atoms with Crippen molar-refractivity contribution in [1.82, 2.24) is 4.98 Å². The van der Waals surface area contributed by atoms with Crippen LogP contribution in [0.1, 0.15) is 16.7 Å². The lowest BCUT2D eigenvalue weighted by atomic mass is 10.1. The number of halogens is 6. The third kappa shape index (κ3) is 6.31. The molecule has 5 nitrogen and oxygen atoms in total. The summed E-state index contributed by atoms with van der Waals surface area (Å²) in [6.07, 6.45) is -6.13. The Bertz CT molecular complexity index is 1180. The molecule has 1 aromatic heterocycles. The minimum Gasteiger partial charge on any atom is -0.452 e. The number of alkyl halides is 6. The summed E-state index contributed by atoms with van der Waals surface area (Å²) in [5, 5.41) is 2.70. The molecule has 1 heterocycles. The summed E-state index contributed by atoms with van der Waals surface area (Å²) in [5.41, 5.74) is -2.70. The van der Waals surface area contributed by atoms with Crippen molar-refractivity contribution in [2.45, 2.75) is 12.4 Å². The van der Waals surface area contributed by atoms with Crippen molar-refractivity contribution in [2.24, 2.45) is 0 Å². The average Bonchev–Trinajstić information content (AvgIpc) is 2.74. The third-order valence-corrected chi connectivity index (χ3v) is 4.28. The maximum absolute atomic E-state index is 12.9. The average molecular weight is 468 g/mol. The van der Waals surface area contributed by atoms with Crippen LogP contribution < -0.4 is 5.32 Å². The standard InChI is InChI=1S/C22H14F6N2O3/c23-21(24,25)15-9-16(22(26,27)28)11-17(10-15)30-18(31)12-33-19(32)7-6-14-4-1-3-13-5-2-8-29-20(13)14/h1-11H,12H2,(H,30,31)/b7-6+. The number of aromatic nitrogens is 1. The van der Waals surface area contributed by atoms with Gasteiger partial charge in [-0.1, -0.05) is 24.3 Å². The van der Waals surface area contributed by atoms with Crippen molar-refractivity contribution in [3.05, 3.63) is 77.5 Å². The van der Waals surface area contributed by atoms with Crippen LogP contribution in [0.5, 0.6) is 0 Å². The zero-order valence-corrected chi connectivity index (χ0v) is 16.5. The number of pyridine rings is 1. The second-order valence-corrected chi connectivity index (χ2v) is 6.71. The van der Waals surface area contributed by atoms with Crippen molar-refractivity contribution in [2.75, 3.05) is 11.9 Å². The molecule has 0 atom stereocenters. The maximum atomic E-state index is 12.9. The van der Waals surface area contributed by atoms with Crippen LogP contribution in [-0.4, -0.2) is 23.5 Å². The molecule has 0 aliphatic rings. The van der Waals surface area contributed by atoms with Crippen molar-refractivity contribution < 1.29 is 40.7 Å². The fourth-order valence-electron chi connectivity index (χ4n) is 2.83. The lowest BCUT2D eigenvalue weighted by Gasteiger charge is -2.14. The molecule has 0 spiro atoms. The molecule has 0 saturated carbocycles. The van der Waals surface area contributed by atoms with Gasteiger partial charge in [0, 0.05) is 28.9 Å². The van der Waals surface area contributed by atoms with Gasteiger partial charge in [0.2, 0.25) is 0 Å². The highest BCUT2D eigenvalue weighted by Crippen LogP contribution is 2.37. The van der Waals surface area contributed by atoms with Crippen molar-refractivity contribution >= 4 is 34.5 Å². The number of carbonyl (C=O) groups excluding carboxylic acids is 2. The molecule has 0 unspecified atom stereocenters. The van der Waals surface area contributed by atoms with Crippen LogP contribution in [0.4, 0.5) is 32.0 Å². The molecule has 1 N–H and O–H groups in total. The Labute approximate surface area is 182 Å². The number of ether oxygens (including phenoxy) is 1. The number of benzene rings is 2. The van der Waals surface area contributed by atoms with Gasteiger partial charge in [-0.3, -0.25) is 9.78 Å². The number of carbonyl (C=O) groups is 2. The van der Waals surface area contributed by atoms with E-state index in [1.54, 1.807) is 24.4 Å². The lowest BCUT2D eigenvalue weighted by molar-refractivity contribution is -0.143. The van der Waals surface area contributed by atoms with Gasteiger partial charge in [0.1, 0.15) is 0 Å². The fourth-order valence-corrected chi connectivity index (χ4v) is 2.83. The van der Waals surface area contributed by atoms with Gasteiger partial charge in [0.05, 0.1) is 16.6 Å². The number of fused-ring (bicyclic) bond motifs is 1. The van der Waals surface area contributed by atoms with E-state index in [1.807, 2.05) is 17.4 Å². The van der Waals surface area contributed by atoms with Crippen LogP contribution >= 0.6 is 0 Å². The monoisotopic (exact) mass is 468 g/mol. The summed E-state index contributed by atoms with van der Waals surface area (Å²) >= 11 is 0. The van der Waals surface area contributed by atoms with Crippen LogP contribution in [0, 0.1) is 0 Å². The number of nitrogens with zero attached hydrogens (tertiary/aromatic N) is 1. The number of para-hydroxylation sites is 1. The second kappa shape index (κ2) is 9.31.